The highest BCUT2D eigenvalue weighted by Gasteiger charge is 2.35. The number of carbonyl (C=O) groups is 1. The minimum Gasteiger partial charge on any atom is -0.461 e. The van der Waals surface area contributed by atoms with Gasteiger partial charge in [-0.1, -0.05) is 41.4 Å². The second-order valence-corrected chi connectivity index (χ2v) is 7.22. The standard InChI is InChI=1S/C21H16Cl2N2O2/c1-13-18(21(26)25(24-13)15-5-3-2-4-6-15)12-16-8-10-20(27-16)17-9-7-14(22)11-19(17)23/h2-11,18H,12H2,1H3. The van der Waals surface area contributed by atoms with E-state index >= 15 is 0 Å². The van der Waals surface area contributed by atoms with Gasteiger partial charge < -0.3 is 4.42 Å². The van der Waals surface area contributed by atoms with Gasteiger partial charge in [0, 0.05) is 22.7 Å². The first-order chi connectivity index (χ1) is 13.0. The molecule has 4 rings (SSSR count). The van der Waals surface area contributed by atoms with Crippen LogP contribution < -0.4 is 5.01 Å². The molecule has 0 aliphatic carbocycles. The van der Waals surface area contributed by atoms with E-state index in [2.05, 4.69) is 5.10 Å². The van der Waals surface area contributed by atoms with E-state index in [-0.39, 0.29) is 11.8 Å². The normalized spacial score (nSPS) is 16.7. The molecule has 1 atom stereocenters. The van der Waals surface area contributed by atoms with Crippen molar-refractivity contribution in [1.29, 1.82) is 0 Å². The maximum atomic E-state index is 12.8. The smallest absolute Gasteiger partial charge is 0.256 e. The maximum Gasteiger partial charge on any atom is 0.256 e. The van der Waals surface area contributed by atoms with Crippen LogP contribution in [0.1, 0.15) is 12.7 Å². The molecule has 2 aromatic carbocycles. The molecule has 0 saturated carbocycles. The van der Waals surface area contributed by atoms with Crippen LogP contribution in [0, 0.1) is 5.92 Å². The first-order valence-corrected chi connectivity index (χ1v) is 9.27. The summed E-state index contributed by atoms with van der Waals surface area (Å²) in [4.78, 5) is 12.8. The second-order valence-electron chi connectivity index (χ2n) is 6.37. The fraction of sp³-hybridized carbons (Fsp3) is 0.143. The molecule has 1 aliphatic rings. The number of benzene rings is 2. The van der Waals surface area contributed by atoms with Crippen molar-refractivity contribution in [3.63, 3.8) is 0 Å². The molecule has 27 heavy (non-hydrogen) atoms. The van der Waals surface area contributed by atoms with Gasteiger partial charge in [0.2, 0.25) is 0 Å². The minimum absolute atomic E-state index is 0.0545. The molecule has 1 unspecified atom stereocenters. The van der Waals surface area contributed by atoms with Gasteiger partial charge in [-0.2, -0.15) is 5.10 Å². The third kappa shape index (κ3) is 3.51. The highest BCUT2D eigenvalue weighted by molar-refractivity contribution is 6.36. The van der Waals surface area contributed by atoms with Crippen molar-refractivity contribution in [3.05, 3.63) is 76.5 Å². The van der Waals surface area contributed by atoms with Crippen LogP contribution in [-0.4, -0.2) is 11.6 Å². The summed E-state index contributed by atoms with van der Waals surface area (Å²) in [6.07, 6.45) is 0.447. The number of halogens is 2. The van der Waals surface area contributed by atoms with Crippen LogP contribution >= 0.6 is 23.2 Å². The molecule has 0 radical (unpaired) electrons. The van der Waals surface area contributed by atoms with Crippen LogP contribution in [0.15, 0.2) is 70.2 Å². The summed E-state index contributed by atoms with van der Waals surface area (Å²) in [5, 5.41) is 6.98. The number of anilines is 1. The Morgan fingerprint density at radius 1 is 1.07 bits per heavy atom. The number of nitrogens with zero attached hydrogens (tertiary/aromatic N) is 2. The fourth-order valence-electron chi connectivity index (χ4n) is 3.12. The van der Waals surface area contributed by atoms with Gasteiger partial charge in [-0.15, -0.1) is 0 Å². The van der Waals surface area contributed by atoms with Crippen LogP contribution in [0.2, 0.25) is 10.0 Å². The molecule has 4 nitrogen and oxygen atoms in total. The SMILES string of the molecule is CC1=NN(c2ccccc2)C(=O)C1Cc1ccc(-c2ccc(Cl)cc2Cl)o1. The lowest BCUT2D eigenvalue weighted by atomic mass is 9.99. The first-order valence-electron chi connectivity index (χ1n) is 8.51. The van der Waals surface area contributed by atoms with E-state index in [1.165, 1.54) is 5.01 Å². The van der Waals surface area contributed by atoms with Gasteiger partial charge in [0.05, 0.1) is 16.6 Å². The van der Waals surface area contributed by atoms with E-state index in [0.717, 1.165) is 17.0 Å². The zero-order valence-electron chi connectivity index (χ0n) is 14.5. The molecule has 1 aliphatic heterocycles. The summed E-state index contributed by atoms with van der Waals surface area (Å²) in [7, 11) is 0. The van der Waals surface area contributed by atoms with Gasteiger partial charge in [-0.25, -0.2) is 5.01 Å². The lowest BCUT2D eigenvalue weighted by Crippen LogP contribution is -2.28. The molecule has 136 valence electrons. The average molecular weight is 399 g/mol. The number of furan rings is 1. The van der Waals surface area contributed by atoms with E-state index < -0.39 is 0 Å². The highest BCUT2D eigenvalue weighted by atomic mass is 35.5. The summed E-state index contributed by atoms with van der Waals surface area (Å²) >= 11 is 12.2. The molecule has 3 aromatic rings. The van der Waals surface area contributed by atoms with Gasteiger partial charge in [-0.3, -0.25) is 4.79 Å². The fourth-order valence-corrected chi connectivity index (χ4v) is 3.62. The summed E-state index contributed by atoms with van der Waals surface area (Å²) in [6.45, 7) is 1.87. The molecule has 1 aromatic heterocycles. The Bertz CT molecular complexity index is 1030. The molecule has 0 spiro atoms. The second kappa shape index (κ2) is 7.22. The van der Waals surface area contributed by atoms with E-state index in [0.29, 0.717) is 28.0 Å². The predicted octanol–water partition coefficient (Wildman–Crippen LogP) is 5.83. The topological polar surface area (TPSA) is 45.8 Å². The first kappa shape index (κ1) is 17.8. The number of rotatable bonds is 4. The number of hydrogen-bond acceptors (Lipinski definition) is 3. The third-order valence-electron chi connectivity index (χ3n) is 4.53. The summed E-state index contributed by atoms with van der Waals surface area (Å²) < 4.78 is 5.94. The molecule has 1 amide bonds. The van der Waals surface area contributed by atoms with Crippen molar-refractivity contribution < 1.29 is 9.21 Å². The number of amides is 1. The molecule has 0 saturated heterocycles. The van der Waals surface area contributed by atoms with Crippen LogP contribution in [-0.2, 0) is 11.2 Å². The zero-order chi connectivity index (χ0) is 19.0. The quantitative estimate of drug-likeness (QED) is 0.554. The zero-order valence-corrected chi connectivity index (χ0v) is 16.0. The number of para-hydroxylation sites is 1. The van der Waals surface area contributed by atoms with Gasteiger partial charge in [-0.05, 0) is 49.4 Å². The highest BCUT2D eigenvalue weighted by Crippen LogP contribution is 2.33. The molecule has 6 heteroatoms. The molecule has 2 heterocycles. The molecule has 0 N–H and O–H groups in total. The van der Waals surface area contributed by atoms with Gasteiger partial charge in [0.25, 0.3) is 5.91 Å². The molecular formula is C21H16Cl2N2O2. The summed E-state index contributed by atoms with van der Waals surface area (Å²) in [5.41, 5.74) is 2.30. The van der Waals surface area contributed by atoms with E-state index in [9.17, 15) is 4.79 Å². The molecule has 0 bridgehead atoms. The Balaban J connectivity index is 1.54. The van der Waals surface area contributed by atoms with Crippen molar-refractivity contribution in [2.24, 2.45) is 11.0 Å². The third-order valence-corrected chi connectivity index (χ3v) is 5.08. The maximum absolute atomic E-state index is 12.8. The van der Waals surface area contributed by atoms with E-state index in [1.807, 2.05) is 55.5 Å². The summed E-state index contributed by atoms with van der Waals surface area (Å²) in [5.74, 6) is 0.955. The van der Waals surface area contributed by atoms with E-state index in [1.54, 1.807) is 12.1 Å². The van der Waals surface area contributed by atoms with Crippen LogP contribution in [0.5, 0.6) is 0 Å². The molecule has 0 fully saturated rings. The number of hydrogen-bond donors (Lipinski definition) is 0. The molecular weight excluding hydrogens is 383 g/mol. The largest absolute Gasteiger partial charge is 0.461 e. The number of carbonyl (C=O) groups excluding carboxylic acids is 1. The van der Waals surface area contributed by atoms with Gasteiger partial charge in [0.15, 0.2) is 0 Å². The van der Waals surface area contributed by atoms with Crippen molar-refractivity contribution in [3.8, 4) is 11.3 Å². The van der Waals surface area contributed by atoms with Crippen molar-refractivity contribution in [2.75, 3.05) is 5.01 Å². The van der Waals surface area contributed by atoms with Crippen molar-refractivity contribution in [1.82, 2.24) is 0 Å². The Morgan fingerprint density at radius 2 is 1.85 bits per heavy atom. The predicted molar refractivity (Wildman–Crippen MR) is 108 cm³/mol. The van der Waals surface area contributed by atoms with Crippen LogP contribution in [0.3, 0.4) is 0 Å². The summed E-state index contributed by atoms with van der Waals surface area (Å²) in [6, 6.07) is 18.4. The minimum atomic E-state index is -0.343. The van der Waals surface area contributed by atoms with Crippen LogP contribution in [0.25, 0.3) is 11.3 Å². The van der Waals surface area contributed by atoms with Crippen LogP contribution in [0.4, 0.5) is 5.69 Å². The Hall–Kier alpha value is -2.56. The van der Waals surface area contributed by atoms with Crippen molar-refractivity contribution in [2.45, 2.75) is 13.3 Å². The Labute approximate surface area is 167 Å². The lowest BCUT2D eigenvalue weighted by Gasteiger charge is -2.13. The van der Waals surface area contributed by atoms with Gasteiger partial charge >= 0.3 is 0 Å². The average Bonchev–Trinajstić information content (AvgIpc) is 3.22. The van der Waals surface area contributed by atoms with Crippen molar-refractivity contribution >= 4 is 40.5 Å². The lowest BCUT2D eigenvalue weighted by molar-refractivity contribution is -0.119. The monoisotopic (exact) mass is 398 g/mol. The number of hydrazone groups is 1. The Kier molecular flexibility index (Phi) is 4.77. The Morgan fingerprint density at radius 3 is 2.59 bits per heavy atom. The van der Waals surface area contributed by atoms with Gasteiger partial charge in [0.1, 0.15) is 11.5 Å². The van der Waals surface area contributed by atoms with E-state index in [4.69, 9.17) is 27.6 Å².